The van der Waals surface area contributed by atoms with Crippen LogP contribution < -0.4 is 0 Å². The molecule has 6 rings (SSSR count). The van der Waals surface area contributed by atoms with Crippen molar-refractivity contribution in [3.8, 4) is 0 Å². The molecule has 0 saturated carbocycles. The van der Waals surface area contributed by atoms with E-state index in [1.807, 2.05) is 57.7 Å². The largest absolute Gasteiger partial charge is 0.389 e. The SMILES string of the molecule is CN1C(=O)C(=Cc2cn(CC(O)Cn3cc(C=C4C(=O)N(C)C(=O)N(C)C4=O)c4ccccc43)c3ccccc23)C(=O)N(C)C1=O. The number of carbonyl (C=O) groups is 6. The summed E-state index contributed by atoms with van der Waals surface area (Å²) in [6.07, 6.45) is 5.51. The number of hydrogen-bond acceptors (Lipinski definition) is 7. The summed E-state index contributed by atoms with van der Waals surface area (Å²) >= 11 is 0. The average molecular weight is 623 g/mol. The number of aliphatic hydroxyl groups is 1. The molecular weight excluding hydrogens is 592 g/mol. The van der Waals surface area contributed by atoms with Crippen molar-refractivity contribution in [1.82, 2.24) is 28.7 Å². The number of urea groups is 2. The van der Waals surface area contributed by atoms with Crippen LogP contribution in [0.4, 0.5) is 9.59 Å². The first-order chi connectivity index (χ1) is 21.9. The summed E-state index contributed by atoms with van der Waals surface area (Å²) in [6.45, 7) is 0.308. The first-order valence-corrected chi connectivity index (χ1v) is 14.4. The van der Waals surface area contributed by atoms with Gasteiger partial charge in [-0.15, -0.1) is 0 Å². The second-order valence-electron chi connectivity index (χ2n) is 11.3. The molecule has 8 amide bonds. The summed E-state index contributed by atoms with van der Waals surface area (Å²) in [7, 11) is 5.26. The predicted octanol–water partition coefficient (Wildman–Crippen LogP) is 2.52. The summed E-state index contributed by atoms with van der Waals surface area (Å²) in [5.74, 6) is -2.79. The van der Waals surface area contributed by atoms with Gasteiger partial charge in [0.15, 0.2) is 0 Å². The summed E-state index contributed by atoms with van der Waals surface area (Å²) < 4.78 is 3.67. The van der Waals surface area contributed by atoms with E-state index in [1.165, 1.54) is 40.3 Å². The number of barbiturate groups is 2. The van der Waals surface area contributed by atoms with E-state index < -0.39 is 41.8 Å². The van der Waals surface area contributed by atoms with E-state index in [4.69, 9.17) is 0 Å². The number of nitrogens with zero attached hydrogens (tertiary/aromatic N) is 6. The van der Waals surface area contributed by atoms with Gasteiger partial charge in [0.05, 0.1) is 19.2 Å². The fraction of sp³-hybridized carbons (Fsp3) is 0.212. The van der Waals surface area contributed by atoms with Crippen LogP contribution in [-0.4, -0.2) is 104 Å². The van der Waals surface area contributed by atoms with Gasteiger partial charge in [0.2, 0.25) is 0 Å². The molecule has 234 valence electrons. The number of benzene rings is 2. The Balaban J connectivity index is 1.31. The van der Waals surface area contributed by atoms with Gasteiger partial charge in [-0.05, 0) is 24.3 Å². The summed E-state index contributed by atoms with van der Waals surface area (Å²) in [6, 6.07) is 13.3. The first kappa shape index (κ1) is 30.2. The van der Waals surface area contributed by atoms with Crippen LogP contribution in [0.1, 0.15) is 11.1 Å². The zero-order valence-corrected chi connectivity index (χ0v) is 25.5. The Labute approximate surface area is 262 Å². The van der Waals surface area contributed by atoms with Gasteiger partial charge in [0, 0.05) is 73.5 Å². The van der Waals surface area contributed by atoms with E-state index in [0.717, 1.165) is 41.4 Å². The summed E-state index contributed by atoms with van der Waals surface area (Å²) in [4.78, 5) is 79.2. The van der Waals surface area contributed by atoms with Crippen LogP contribution in [0.3, 0.4) is 0 Å². The molecule has 2 aliphatic rings. The monoisotopic (exact) mass is 622 g/mol. The van der Waals surface area contributed by atoms with Crippen LogP contribution in [0.25, 0.3) is 34.0 Å². The number of carbonyl (C=O) groups excluding carboxylic acids is 6. The van der Waals surface area contributed by atoms with Gasteiger partial charge in [0.25, 0.3) is 23.6 Å². The molecule has 2 aromatic heterocycles. The molecule has 46 heavy (non-hydrogen) atoms. The maximum Gasteiger partial charge on any atom is 0.333 e. The molecule has 4 aromatic rings. The molecule has 2 aliphatic heterocycles. The fourth-order valence-corrected chi connectivity index (χ4v) is 5.86. The maximum atomic E-state index is 12.8. The van der Waals surface area contributed by atoms with Gasteiger partial charge in [0.1, 0.15) is 11.1 Å². The third kappa shape index (κ3) is 4.86. The van der Waals surface area contributed by atoms with Gasteiger partial charge < -0.3 is 14.2 Å². The molecule has 13 heteroatoms. The summed E-state index contributed by atoms with van der Waals surface area (Å²) in [5, 5.41) is 12.8. The number of likely N-dealkylation sites (N-methyl/N-ethyl adjacent to an activating group) is 4. The lowest BCUT2D eigenvalue weighted by Crippen LogP contribution is -2.52. The van der Waals surface area contributed by atoms with Crippen LogP contribution in [-0.2, 0) is 32.3 Å². The highest BCUT2D eigenvalue weighted by Gasteiger charge is 2.39. The van der Waals surface area contributed by atoms with E-state index >= 15 is 0 Å². The van der Waals surface area contributed by atoms with Crippen molar-refractivity contribution in [3.05, 3.63) is 83.2 Å². The van der Waals surface area contributed by atoms with Gasteiger partial charge in [-0.3, -0.25) is 38.8 Å². The second-order valence-corrected chi connectivity index (χ2v) is 11.3. The standard InChI is InChI=1S/C33H30N6O7/c1-34-28(41)24(29(42)35(2)32(34)45)13-19-15-38(26-11-7-5-9-22(19)26)17-21(40)18-39-16-20(23-10-6-8-12-27(23)39)14-25-30(43)36(3)33(46)37(4)31(25)44/h5-16,21,40H,17-18H2,1-4H3. The Hall–Kier alpha value is -5.82. The molecule has 2 saturated heterocycles. The van der Waals surface area contributed by atoms with E-state index in [1.54, 1.807) is 12.4 Å². The number of imide groups is 4. The number of para-hydroxylation sites is 2. The quantitative estimate of drug-likeness (QED) is 0.257. The average Bonchev–Trinajstić information content (AvgIpc) is 3.58. The Morgan fingerprint density at radius 2 is 0.891 bits per heavy atom. The number of rotatable bonds is 6. The Morgan fingerprint density at radius 3 is 1.24 bits per heavy atom. The van der Waals surface area contributed by atoms with E-state index in [0.29, 0.717) is 11.1 Å². The smallest absolute Gasteiger partial charge is 0.333 e. The molecule has 0 unspecified atom stereocenters. The van der Waals surface area contributed by atoms with Crippen molar-refractivity contribution < 1.29 is 33.9 Å². The van der Waals surface area contributed by atoms with Crippen molar-refractivity contribution in [1.29, 1.82) is 0 Å². The first-order valence-electron chi connectivity index (χ1n) is 14.4. The second kappa shape index (κ2) is 11.3. The minimum atomic E-state index is -0.909. The zero-order valence-electron chi connectivity index (χ0n) is 25.5. The van der Waals surface area contributed by atoms with Crippen LogP contribution in [0.5, 0.6) is 0 Å². The number of fused-ring (bicyclic) bond motifs is 2. The molecule has 0 spiro atoms. The minimum Gasteiger partial charge on any atom is -0.389 e. The fourth-order valence-electron chi connectivity index (χ4n) is 5.86. The highest BCUT2D eigenvalue weighted by molar-refractivity contribution is 6.31. The van der Waals surface area contributed by atoms with Crippen LogP contribution in [0, 0.1) is 0 Å². The van der Waals surface area contributed by atoms with Crippen molar-refractivity contribution in [2.45, 2.75) is 19.2 Å². The Bertz CT molecular complexity index is 1870. The molecule has 0 bridgehead atoms. The molecule has 0 radical (unpaired) electrons. The summed E-state index contributed by atoms with van der Waals surface area (Å²) in [5.41, 5.74) is 2.39. The van der Waals surface area contributed by atoms with Crippen molar-refractivity contribution in [2.24, 2.45) is 0 Å². The van der Waals surface area contributed by atoms with Crippen LogP contribution in [0.2, 0.25) is 0 Å². The minimum absolute atomic E-state index is 0.148. The Kier molecular flexibility index (Phi) is 7.40. The highest BCUT2D eigenvalue weighted by Crippen LogP contribution is 2.28. The molecule has 4 heterocycles. The lowest BCUT2D eigenvalue weighted by molar-refractivity contribution is -0.135. The number of aliphatic hydroxyl groups excluding tert-OH is 1. The van der Waals surface area contributed by atoms with Gasteiger partial charge in [-0.25, -0.2) is 9.59 Å². The molecule has 1 N–H and O–H groups in total. The molecular formula is C33H30N6O7. The normalized spacial score (nSPS) is 16.3. The lowest BCUT2D eigenvalue weighted by atomic mass is 10.1. The van der Waals surface area contributed by atoms with E-state index in [9.17, 15) is 33.9 Å². The topological polar surface area (TPSA) is 145 Å². The van der Waals surface area contributed by atoms with Crippen LogP contribution >= 0.6 is 0 Å². The Morgan fingerprint density at radius 1 is 0.565 bits per heavy atom. The van der Waals surface area contributed by atoms with E-state index in [-0.39, 0.29) is 24.2 Å². The number of aromatic nitrogens is 2. The van der Waals surface area contributed by atoms with E-state index in [2.05, 4.69) is 0 Å². The third-order valence-electron chi connectivity index (χ3n) is 8.34. The number of hydrogen-bond donors (Lipinski definition) is 1. The van der Waals surface area contributed by atoms with Gasteiger partial charge in [-0.1, -0.05) is 36.4 Å². The van der Waals surface area contributed by atoms with Crippen molar-refractivity contribution in [2.75, 3.05) is 28.2 Å². The zero-order chi connectivity index (χ0) is 33.0. The van der Waals surface area contributed by atoms with Crippen molar-refractivity contribution in [3.63, 3.8) is 0 Å². The molecule has 2 fully saturated rings. The third-order valence-corrected chi connectivity index (χ3v) is 8.34. The predicted molar refractivity (Wildman–Crippen MR) is 168 cm³/mol. The van der Waals surface area contributed by atoms with Crippen molar-refractivity contribution >= 4 is 69.6 Å². The van der Waals surface area contributed by atoms with Crippen LogP contribution in [0.15, 0.2) is 72.1 Å². The molecule has 0 aliphatic carbocycles. The van der Waals surface area contributed by atoms with Gasteiger partial charge in [-0.2, -0.15) is 0 Å². The van der Waals surface area contributed by atoms with Gasteiger partial charge >= 0.3 is 12.1 Å². The lowest BCUT2D eigenvalue weighted by Gasteiger charge is -2.28. The highest BCUT2D eigenvalue weighted by atomic mass is 16.3. The molecule has 2 aromatic carbocycles. The maximum absolute atomic E-state index is 12.8. The molecule has 0 atom stereocenters. The molecule has 13 nitrogen and oxygen atoms in total. The number of amides is 8.